The van der Waals surface area contributed by atoms with Gasteiger partial charge in [-0.15, -0.1) is 0 Å². The van der Waals surface area contributed by atoms with Crippen molar-refractivity contribution in [3.05, 3.63) is 0 Å². The summed E-state index contributed by atoms with van der Waals surface area (Å²) in [6.07, 6.45) is 72.1. The van der Waals surface area contributed by atoms with Crippen molar-refractivity contribution >= 4 is 39.5 Å². The van der Waals surface area contributed by atoms with Gasteiger partial charge in [0, 0.05) is 25.7 Å². The van der Waals surface area contributed by atoms with E-state index in [1.165, 1.54) is 289 Å². The lowest BCUT2D eigenvalue weighted by Crippen LogP contribution is -2.30. The number of ether oxygens (including phenoxy) is 4. The van der Waals surface area contributed by atoms with Crippen LogP contribution >= 0.6 is 15.6 Å². The van der Waals surface area contributed by atoms with E-state index in [1.807, 2.05) is 0 Å². The Bertz CT molecular complexity index is 2050. The van der Waals surface area contributed by atoms with E-state index in [0.29, 0.717) is 25.7 Å². The van der Waals surface area contributed by atoms with Crippen LogP contribution in [0.1, 0.15) is 472 Å². The molecule has 0 saturated heterocycles. The van der Waals surface area contributed by atoms with Crippen molar-refractivity contribution in [1.29, 1.82) is 0 Å². The molecule has 0 amide bonds. The third-order valence-corrected chi connectivity index (χ3v) is 23.0. The first kappa shape index (κ1) is 105. The Hall–Kier alpha value is -1.94. The zero-order valence-electron chi connectivity index (χ0n) is 70.5. The SMILES string of the molecule is CCCCCCCCCCCCCCCCCCCCC(=O)OC[C@H](COP(=O)(O)OC[C@@H](O)COP(=O)(O)OC[C@@H](COC(=O)CCCCCCCCCCCCC(C)C)OC(=O)CCCCCCCCCCCCCCCC)OC(=O)CCCCCCCCCCCCCCCCCCCCC(C)CC. The van der Waals surface area contributed by atoms with Crippen LogP contribution in [0, 0.1) is 11.8 Å². The molecule has 107 heavy (non-hydrogen) atoms. The molecule has 0 aliphatic heterocycles. The van der Waals surface area contributed by atoms with E-state index in [4.69, 9.17) is 37.0 Å². The maximum Gasteiger partial charge on any atom is 0.472 e. The Labute approximate surface area is 658 Å². The van der Waals surface area contributed by atoms with Gasteiger partial charge >= 0.3 is 39.5 Å². The highest BCUT2D eigenvalue weighted by molar-refractivity contribution is 7.47. The van der Waals surface area contributed by atoms with Crippen LogP contribution in [0.4, 0.5) is 0 Å². The largest absolute Gasteiger partial charge is 0.472 e. The van der Waals surface area contributed by atoms with Gasteiger partial charge < -0.3 is 33.8 Å². The molecular formula is C88H172O17P2. The van der Waals surface area contributed by atoms with Crippen molar-refractivity contribution in [2.75, 3.05) is 39.6 Å². The van der Waals surface area contributed by atoms with Crippen molar-refractivity contribution in [2.24, 2.45) is 11.8 Å². The maximum absolute atomic E-state index is 13.2. The Morgan fingerprint density at radius 3 is 0.710 bits per heavy atom. The number of esters is 4. The fraction of sp³-hybridized carbons (Fsp3) is 0.955. The minimum atomic E-state index is -4.97. The molecule has 0 spiro atoms. The molecule has 0 rings (SSSR count). The third-order valence-electron chi connectivity index (χ3n) is 21.1. The topological polar surface area (TPSA) is 237 Å². The number of phosphoric acid groups is 2. The summed E-state index contributed by atoms with van der Waals surface area (Å²) >= 11 is 0. The summed E-state index contributed by atoms with van der Waals surface area (Å²) in [4.78, 5) is 73.3. The first-order chi connectivity index (χ1) is 51.9. The predicted molar refractivity (Wildman–Crippen MR) is 442 cm³/mol. The first-order valence-electron chi connectivity index (χ1n) is 45.5. The standard InChI is InChI=1S/C88H172O17P2/c1-7-10-12-14-16-18-20-22-24-25-29-32-36-39-46-52-58-64-70-85(90)98-76-83(104-88(93)73-67-61-55-49-41-37-33-30-27-26-28-31-34-38-45-51-57-63-69-81(6)9-3)78-102-106(94,95)100-74-82(89)75-101-107(96,97)103-79-84(77-99-86(91)71-65-59-53-47-43-42-44-50-56-62-68-80(4)5)105-87(92)72-66-60-54-48-40-35-23-21-19-17-15-13-11-8-2/h80-84,89H,7-79H2,1-6H3,(H,94,95)(H,96,97)/t81?,82-,83-,84-/m1/s1. The molecule has 0 radical (unpaired) electrons. The quantitative estimate of drug-likeness (QED) is 0.0222. The number of aliphatic hydroxyl groups excluding tert-OH is 1. The van der Waals surface area contributed by atoms with Crippen LogP contribution < -0.4 is 0 Å². The average Bonchev–Trinajstić information content (AvgIpc) is 0.915. The van der Waals surface area contributed by atoms with Crippen LogP contribution in [0.2, 0.25) is 0 Å². The number of carbonyl (C=O) groups excluding carboxylic acids is 4. The molecule has 0 aliphatic rings. The summed E-state index contributed by atoms with van der Waals surface area (Å²) in [6, 6.07) is 0. The van der Waals surface area contributed by atoms with E-state index in [2.05, 4.69) is 41.5 Å². The minimum Gasteiger partial charge on any atom is -0.462 e. The predicted octanol–water partition coefficient (Wildman–Crippen LogP) is 27.0. The van der Waals surface area contributed by atoms with E-state index in [0.717, 1.165) is 102 Å². The van der Waals surface area contributed by atoms with Gasteiger partial charge in [-0.05, 0) is 37.5 Å². The van der Waals surface area contributed by atoms with Gasteiger partial charge in [0.1, 0.15) is 19.3 Å². The second-order valence-electron chi connectivity index (χ2n) is 32.4. The fourth-order valence-corrected chi connectivity index (χ4v) is 15.3. The molecule has 0 heterocycles. The minimum absolute atomic E-state index is 0.108. The zero-order valence-corrected chi connectivity index (χ0v) is 72.2. The zero-order chi connectivity index (χ0) is 78.5. The van der Waals surface area contributed by atoms with Crippen molar-refractivity contribution in [1.82, 2.24) is 0 Å². The lowest BCUT2D eigenvalue weighted by molar-refractivity contribution is -0.161. The second-order valence-corrected chi connectivity index (χ2v) is 35.3. The Balaban J connectivity index is 5.25. The molecule has 17 nitrogen and oxygen atoms in total. The van der Waals surface area contributed by atoms with Gasteiger partial charge in [-0.3, -0.25) is 37.3 Å². The molecule has 0 saturated carbocycles. The van der Waals surface area contributed by atoms with Crippen LogP contribution in [0.15, 0.2) is 0 Å². The molecule has 0 aromatic rings. The van der Waals surface area contributed by atoms with Crippen LogP contribution in [-0.4, -0.2) is 96.7 Å². The molecule has 3 unspecified atom stereocenters. The van der Waals surface area contributed by atoms with Crippen LogP contribution in [0.5, 0.6) is 0 Å². The summed E-state index contributed by atoms with van der Waals surface area (Å²) in [7, 11) is -9.93. The number of phosphoric ester groups is 2. The van der Waals surface area contributed by atoms with Crippen LogP contribution in [-0.2, 0) is 65.4 Å². The maximum atomic E-state index is 13.2. The van der Waals surface area contributed by atoms with E-state index >= 15 is 0 Å². The monoisotopic (exact) mass is 1560 g/mol. The number of rotatable bonds is 87. The number of aliphatic hydroxyl groups is 1. The summed E-state index contributed by atoms with van der Waals surface area (Å²) in [6.45, 7) is 9.75. The van der Waals surface area contributed by atoms with Crippen molar-refractivity contribution < 1.29 is 80.2 Å². The third kappa shape index (κ3) is 80.5. The van der Waals surface area contributed by atoms with E-state index in [-0.39, 0.29) is 25.7 Å². The number of carbonyl (C=O) groups is 4. The number of hydrogen-bond donors (Lipinski definition) is 3. The molecule has 3 N–H and O–H groups in total. The van der Waals surface area contributed by atoms with E-state index in [1.54, 1.807) is 0 Å². The molecule has 0 bridgehead atoms. The van der Waals surface area contributed by atoms with Crippen molar-refractivity contribution in [3.63, 3.8) is 0 Å². The summed E-state index contributed by atoms with van der Waals surface area (Å²) in [5, 5.41) is 10.7. The highest BCUT2D eigenvalue weighted by Gasteiger charge is 2.31. The lowest BCUT2D eigenvalue weighted by Gasteiger charge is -2.21. The van der Waals surface area contributed by atoms with Gasteiger partial charge in [0.15, 0.2) is 12.2 Å². The summed E-state index contributed by atoms with van der Waals surface area (Å²) < 4.78 is 69.0. The van der Waals surface area contributed by atoms with Gasteiger partial charge in [0.2, 0.25) is 0 Å². The number of hydrogen-bond acceptors (Lipinski definition) is 15. The van der Waals surface area contributed by atoms with Crippen LogP contribution in [0.3, 0.4) is 0 Å². The van der Waals surface area contributed by atoms with E-state index < -0.39 is 97.5 Å². The second kappa shape index (κ2) is 79.3. The Kier molecular flexibility index (Phi) is 77.9. The molecule has 19 heteroatoms. The van der Waals surface area contributed by atoms with Crippen LogP contribution in [0.25, 0.3) is 0 Å². The molecular weight excluding hydrogens is 1390 g/mol. The lowest BCUT2D eigenvalue weighted by atomic mass is 9.99. The van der Waals surface area contributed by atoms with Gasteiger partial charge in [-0.1, -0.05) is 420 Å². The van der Waals surface area contributed by atoms with Gasteiger partial charge in [-0.25, -0.2) is 9.13 Å². The van der Waals surface area contributed by atoms with E-state index in [9.17, 15) is 43.2 Å². The smallest absolute Gasteiger partial charge is 0.462 e. The van der Waals surface area contributed by atoms with Gasteiger partial charge in [-0.2, -0.15) is 0 Å². The molecule has 636 valence electrons. The Morgan fingerprint density at radius 1 is 0.271 bits per heavy atom. The normalized spacial score (nSPS) is 14.0. The van der Waals surface area contributed by atoms with Crippen molar-refractivity contribution in [3.8, 4) is 0 Å². The number of unbranched alkanes of at least 4 members (excludes halogenated alkanes) is 56. The first-order valence-corrected chi connectivity index (χ1v) is 48.5. The molecule has 0 fully saturated rings. The summed E-state index contributed by atoms with van der Waals surface area (Å²) in [5.74, 6) is -0.468. The molecule has 6 atom stereocenters. The Morgan fingerprint density at radius 2 is 0.477 bits per heavy atom. The highest BCUT2D eigenvalue weighted by Crippen LogP contribution is 2.45. The molecule has 0 aliphatic carbocycles. The molecule has 0 aromatic heterocycles. The summed E-state index contributed by atoms with van der Waals surface area (Å²) in [5.41, 5.74) is 0. The fourth-order valence-electron chi connectivity index (χ4n) is 13.7. The van der Waals surface area contributed by atoms with Crippen molar-refractivity contribution in [2.45, 2.75) is 490 Å². The highest BCUT2D eigenvalue weighted by atomic mass is 31.2. The molecule has 0 aromatic carbocycles. The van der Waals surface area contributed by atoms with Gasteiger partial charge in [0.25, 0.3) is 0 Å². The average molecular weight is 1560 g/mol. The van der Waals surface area contributed by atoms with Gasteiger partial charge in [0.05, 0.1) is 26.4 Å².